The molecule has 0 radical (unpaired) electrons. The number of rotatable bonds is 4. The summed E-state index contributed by atoms with van der Waals surface area (Å²) in [5.74, 6) is 0.0384. The fraction of sp³-hybridized carbons (Fsp3) is 0.500. The maximum Gasteiger partial charge on any atom is 0.236 e. The van der Waals surface area contributed by atoms with E-state index in [-0.39, 0.29) is 18.6 Å². The van der Waals surface area contributed by atoms with Gasteiger partial charge < -0.3 is 15.4 Å². The van der Waals surface area contributed by atoms with Crippen molar-refractivity contribution in [3.8, 4) is 0 Å². The quantitative estimate of drug-likeness (QED) is 0.869. The number of nitrogens with two attached hydrogens (primary N) is 1. The number of hydrogen-bond acceptors (Lipinski definition) is 3. The minimum absolute atomic E-state index is 0.0384. The molecule has 2 rings (SSSR count). The van der Waals surface area contributed by atoms with Gasteiger partial charge in [0, 0.05) is 13.1 Å². The second-order valence-electron chi connectivity index (χ2n) is 4.58. The Kier molecular flexibility index (Phi) is 4.73. The second kappa shape index (κ2) is 6.52. The molecule has 0 aliphatic carbocycles. The van der Waals surface area contributed by atoms with Crippen LogP contribution in [-0.4, -0.2) is 36.5 Å². The van der Waals surface area contributed by atoms with Crippen LogP contribution in [0.1, 0.15) is 18.4 Å². The predicted octanol–water partition coefficient (Wildman–Crippen LogP) is 1.15. The summed E-state index contributed by atoms with van der Waals surface area (Å²) in [7, 11) is 0. The van der Waals surface area contributed by atoms with Crippen molar-refractivity contribution in [3.63, 3.8) is 0 Å². The maximum absolute atomic E-state index is 11.4. The number of benzene rings is 1. The average molecular weight is 248 g/mol. The van der Waals surface area contributed by atoms with Crippen LogP contribution in [-0.2, 0) is 16.1 Å². The van der Waals surface area contributed by atoms with Crippen LogP contribution in [0, 0.1) is 0 Å². The molecule has 1 aromatic rings. The zero-order valence-corrected chi connectivity index (χ0v) is 10.5. The summed E-state index contributed by atoms with van der Waals surface area (Å²) in [5.41, 5.74) is 6.54. The summed E-state index contributed by atoms with van der Waals surface area (Å²) in [5, 5.41) is 0. The molecule has 1 aliphatic heterocycles. The van der Waals surface area contributed by atoms with E-state index >= 15 is 0 Å². The number of carbonyl (C=O) groups is 1. The molecule has 4 nitrogen and oxygen atoms in total. The number of amides is 1. The fourth-order valence-electron chi connectivity index (χ4n) is 2.19. The number of ether oxygens (including phenoxy) is 1. The first kappa shape index (κ1) is 13.1. The Morgan fingerprint density at radius 1 is 1.28 bits per heavy atom. The Labute approximate surface area is 108 Å². The van der Waals surface area contributed by atoms with Gasteiger partial charge in [-0.15, -0.1) is 0 Å². The molecule has 1 aliphatic rings. The predicted molar refractivity (Wildman–Crippen MR) is 69.9 cm³/mol. The Hall–Kier alpha value is -1.39. The molecular formula is C14H20N2O2. The summed E-state index contributed by atoms with van der Waals surface area (Å²) < 4.78 is 5.86. The lowest BCUT2D eigenvalue weighted by Crippen LogP contribution is -2.43. The topological polar surface area (TPSA) is 55.6 Å². The van der Waals surface area contributed by atoms with Crippen molar-refractivity contribution < 1.29 is 9.53 Å². The average Bonchev–Trinajstić information content (AvgIpc) is 2.46. The van der Waals surface area contributed by atoms with E-state index in [0.717, 1.165) is 25.9 Å². The summed E-state index contributed by atoms with van der Waals surface area (Å²) in [4.78, 5) is 13.2. The molecule has 2 N–H and O–H groups in total. The van der Waals surface area contributed by atoms with Crippen LogP contribution in [0.25, 0.3) is 0 Å². The van der Waals surface area contributed by atoms with Crippen molar-refractivity contribution in [2.75, 3.05) is 19.6 Å². The van der Waals surface area contributed by atoms with Gasteiger partial charge in [0.05, 0.1) is 19.3 Å². The van der Waals surface area contributed by atoms with Gasteiger partial charge in [-0.3, -0.25) is 4.79 Å². The van der Waals surface area contributed by atoms with Crippen LogP contribution < -0.4 is 5.73 Å². The van der Waals surface area contributed by atoms with E-state index in [1.807, 2.05) is 23.1 Å². The highest BCUT2D eigenvalue weighted by atomic mass is 16.5. The van der Waals surface area contributed by atoms with Crippen LogP contribution in [0.15, 0.2) is 30.3 Å². The Morgan fingerprint density at radius 2 is 1.94 bits per heavy atom. The van der Waals surface area contributed by atoms with Crippen LogP contribution >= 0.6 is 0 Å². The minimum atomic E-state index is 0.0384. The lowest BCUT2D eigenvalue weighted by molar-refractivity contribution is -0.132. The van der Waals surface area contributed by atoms with Gasteiger partial charge >= 0.3 is 0 Å². The fourth-order valence-corrected chi connectivity index (χ4v) is 2.19. The number of carbonyl (C=O) groups excluding carboxylic acids is 1. The van der Waals surface area contributed by atoms with Crippen molar-refractivity contribution in [1.29, 1.82) is 0 Å². The zero-order chi connectivity index (χ0) is 12.8. The Bertz CT molecular complexity index is 373. The lowest BCUT2D eigenvalue weighted by atomic mass is 10.1. The van der Waals surface area contributed by atoms with E-state index in [1.54, 1.807) is 0 Å². The van der Waals surface area contributed by atoms with Crippen molar-refractivity contribution in [1.82, 2.24) is 4.90 Å². The van der Waals surface area contributed by atoms with Crippen LogP contribution in [0.2, 0.25) is 0 Å². The molecule has 98 valence electrons. The lowest BCUT2D eigenvalue weighted by Gasteiger charge is -2.31. The van der Waals surface area contributed by atoms with Crippen LogP contribution in [0.3, 0.4) is 0 Å². The SMILES string of the molecule is NCC(=O)N1CCC(OCc2ccccc2)CC1. The van der Waals surface area contributed by atoms with Crippen LogP contribution in [0.4, 0.5) is 0 Å². The molecule has 0 spiro atoms. The van der Waals surface area contributed by atoms with Gasteiger partial charge in [0.1, 0.15) is 0 Å². The molecule has 0 atom stereocenters. The molecule has 1 saturated heterocycles. The molecule has 0 aromatic heterocycles. The van der Waals surface area contributed by atoms with Gasteiger partial charge in [0.25, 0.3) is 0 Å². The van der Waals surface area contributed by atoms with E-state index < -0.39 is 0 Å². The highest BCUT2D eigenvalue weighted by molar-refractivity contribution is 5.78. The van der Waals surface area contributed by atoms with Gasteiger partial charge in [-0.25, -0.2) is 0 Å². The monoisotopic (exact) mass is 248 g/mol. The highest BCUT2D eigenvalue weighted by Gasteiger charge is 2.22. The maximum atomic E-state index is 11.4. The Morgan fingerprint density at radius 3 is 2.56 bits per heavy atom. The molecule has 0 saturated carbocycles. The second-order valence-corrected chi connectivity index (χ2v) is 4.58. The van der Waals surface area contributed by atoms with Gasteiger partial charge in [-0.1, -0.05) is 30.3 Å². The van der Waals surface area contributed by atoms with E-state index in [1.165, 1.54) is 5.56 Å². The molecule has 1 aromatic carbocycles. The van der Waals surface area contributed by atoms with E-state index in [0.29, 0.717) is 6.61 Å². The summed E-state index contributed by atoms with van der Waals surface area (Å²) >= 11 is 0. The van der Waals surface area contributed by atoms with Crippen molar-refractivity contribution in [2.45, 2.75) is 25.6 Å². The van der Waals surface area contributed by atoms with Gasteiger partial charge in [0.2, 0.25) is 5.91 Å². The third-order valence-corrected chi connectivity index (χ3v) is 3.30. The van der Waals surface area contributed by atoms with E-state index in [9.17, 15) is 4.79 Å². The number of nitrogens with zero attached hydrogens (tertiary/aromatic N) is 1. The third-order valence-electron chi connectivity index (χ3n) is 3.30. The first-order valence-electron chi connectivity index (χ1n) is 6.43. The van der Waals surface area contributed by atoms with E-state index in [2.05, 4.69) is 12.1 Å². The standard InChI is InChI=1S/C14H20N2O2/c15-10-14(17)16-8-6-13(7-9-16)18-11-12-4-2-1-3-5-12/h1-5,13H,6-11,15H2. The largest absolute Gasteiger partial charge is 0.373 e. The first-order chi connectivity index (χ1) is 8.79. The minimum Gasteiger partial charge on any atom is -0.373 e. The summed E-state index contributed by atoms with van der Waals surface area (Å²) in [6, 6.07) is 10.2. The first-order valence-corrected chi connectivity index (χ1v) is 6.43. The zero-order valence-electron chi connectivity index (χ0n) is 10.5. The molecule has 0 bridgehead atoms. The highest BCUT2D eigenvalue weighted by Crippen LogP contribution is 2.15. The molecule has 0 unspecified atom stereocenters. The Balaban J connectivity index is 1.72. The number of hydrogen-bond donors (Lipinski definition) is 1. The van der Waals surface area contributed by atoms with E-state index in [4.69, 9.17) is 10.5 Å². The summed E-state index contributed by atoms with van der Waals surface area (Å²) in [6.45, 7) is 2.27. The molecule has 1 amide bonds. The molecule has 4 heteroatoms. The van der Waals surface area contributed by atoms with Gasteiger partial charge in [-0.05, 0) is 18.4 Å². The molecular weight excluding hydrogens is 228 g/mol. The normalized spacial score (nSPS) is 16.8. The van der Waals surface area contributed by atoms with Crippen molar-refractivity contribution in [3.05, 3.63) is 35.9 Å². The molecule has 18 heavy (non-hydrogen) atoms. The third kappa shape index (κ3) is 3.55. The molecule has 1 heterocycles. The summed E-state index contributed by atoms with van der Waals surface area (Å²) in [6.07, 6.45) is 2.06. The van der Waals surface area contributed by atoms with Gasteiger partial charge in [-0.2, -0.15) is 0 Å². The van der Waals surface area contributed by atoms with Crippen LogP contribution in [0.5, 0.6) is 0 Å². The van der Waals surface area contributed by atoms with Crippen molar-refractivity contribution in [2.24, 2.45) is 5.73 Å². The molecule has 1 fully saturated rings. The number of likely N-dealkylation sites (tertiary alicyclic amines) is 1. The van der Waals surface area contributed by atoms with Crippen molar-refractivity contribution >= 4 is 5.91 Å². The van der Waals surface area contributed by atoms with Gasteiger partial charge in [0.15, 0.2) is 0 Å². The smallest absolute Gasteiger partial charge is 0.236 e. The number of piperidine rings is 1.